The van der Waals surface area contributed by atoms with Crippen LogP contribution >= 0.6 is 0 Å². The summed E-state index contributed by atoms with van der Waals surface area (Å²) in [6.45, 7) is 2.14. The fourth-order valence-corrected chi connectivity index (χ4v) is 0.706. The lowest BCUT2D eigenvalue weighted by atomic mass is 10.2. The summed E-state index contributed by atoms with van der Waals surface area (Å²) in [6.07, 6.45) is 7.55. The molecule has 0 atom stereocenters. The first-order valence-corrected chi connectivity index (χ1v) is 3.94. The van der Waals surface area contributed by atoms with Crippen LogP contribution < -0.4 is 0 Å². The molecule has 0 aliphatic rings. The van der Waals surface area contributed by atoms with E-state index in [4.69, 9.17) is 10.0 Å². The van der Waals surface area contributed by atoms with Crippen LogP contribution in [0.5, 0.6) is 0 Å². The van der Waals surface area contributed by atoms with E-state index in [1.165, 1.54) is 19.1 Å². The van der Waals surface area contributed by atoms with Crippen LogP contribution in [0.1, 0.15) is 32.6 Å². The van der Waals surface area contributed by atoms with Gasteiger partial charge >= 0.3 is 7.32 Å². The Bertz CT molecular complexity index is 104. The molecule has 0 unspecified atom stereocenters. The van der Waals surface area contributed by atoms with Crippen molar-refractivity contribution in [1.82, 2.24) is 0 Å². The van der Waals surface area contributed by atoms with Gasteiger partial charge < -0.3 is 14.7 Å². The normalized spacial score (nSPS) is 10.5. The topological polar surface area (TPSA) is 49.7 Å². The summed E-state index contributed by atoms with van der Waals surface area (Å²) in [6, 6.07) is 0. The first kappa shape index (κ1) is 10.5. The van der Waals surface area contributed by atoms with Crippen molar-refractivity contribution >= 4 is 7.32 Å². The summed E-state index contributed by atoms with van der Waals surface area (Å²) in [5.41, 5.74) is 0. The van der Waals surface area contributed by atoms with Gasteiger partial charge in [-0.1, -0.05) is 25.8 Å². The molecule has 0 rings (SSSR count). The molecule has 0 aromatic heterocycles. The molecular weight excluding hydrogens is 143 g/mol. The molecule has 0 saturated carbocycles. The van der Waals surface area contributed by atoms with Crippen molar-refractivity contribution < 1.29 is 14.7 Å². The molecule has 0 spiro atoms. The summed E-state index contributed by atoms with van der Waals surface area (Å²) in [4.78, 5) is 0. The Morgan fingerprint density at radius 2 is 2.09 bits per heavy atom. The van der Waals surface area contributed by atoms with E-state index in [-0.39, 0.29) is 0 Å². The van der Waals surface area contributed by atoms with E-state index >= 15 is 0 Å². The number of unbranched alkanes of at least 4 members (excludes halogenated alkanes) is 3. The average Bonchev–Trinajstić information content (AvgIpc) is 1.96. The molecule has 2 N–H and O–H groups in total. The van der Waals surface area contributed by atoms with Crippen LogP contribution in [0.15, 0.2) is 12.3 Å². The molecule has 0 aliphatic heterocycles. The maximum atomic E-state index is 8.24. The summed E-state index contributed by atoms with van der Waals surface area (Å²) < 4.78 is 4.35. The minimum atomic E-state index is -1.68. The van der Waals surface area contributed by atoms with Gasteiger partial charge in [0.15, 0.2) is 0 Å². The molecule has 0 aromatic rings. The molecule has 0 aliphatic carbocycles. The Morgan fingerprint density at radius 3 is 2.64 bits per heavy atom. The van der Waals surface area contributed by atoms with E-state index in [2.05, 4.69) is 11.6 Å². The highest BCUT2D eigenvalue weighted by atomic mass is 16.6. The molecule has 3 nitrogen and oxygen atoms in total. The molecule has 4 heteroatoms. The fraction of sp³-hybridized carbons (Fsp3) is 0.714. The third-order valence-corrected chi connectivity index (χ3v) is 1.27. The molecule has 0 radical (unpaired) electrons. The summed E-state index contributed by atoms with van der Waals surface area (Å²) in [5, 5.41) is 16.5. The zero-order chi connectivity index (χ0) is 8.53. The van der Waals surface area contributed by atoms with Crippen molar-refractivity contribution in [2.45, 2.75) is 32.6 Å². The number of rotatable bonds is 6. The molecular formula is C7H15BO3. The minimum Gasteiger partial charge on any atom is -0.519 e. The van der Waals surface area contributed by atoms with Crippen molar-refractivity contribution in [1.29, 1.82) is 0 Å². The molecule has 0 aromatic carbocycles. The smallest absolute Gasteiger partial charge is 0.519 e. The van der Waals surface area contributed by atoms with Gasteiger partial charge in [-0.15, -0.1) is 0 Å². The fourth-order valence-electron chi connectivity index (χ4n) is 0.706. The molecule has 0 saturated heterocycles. The van der Waals surface area contributed by atoms with Gasteiger partial charge in [0.1, 0.15) is 0 Å². The highest BCUT2D eigenvalue weighted by Gasteiger charge is 2.05. The molecule has 0 heterocycles. The molecule has 0 amide bonds. The number of allylic oxidation sites excluding steroid dienone is 1. The van der Waals surface area contributed by atoms with Gasteiger partial charge in [-0.25, -0.2) is 0 Å². The van der Waals surface area contributed by atoms with Crippen molar-refractivity contribution in [2.24, 2.45) is 0 Å². The molecule has 0 fully saturated rings. The lowest BCUT2D eigenvalue weighted by molar-refractivity contribution is 0.256. The summed E-state index contributed by atoms with van der Waals surface area (Å²) in [7, 11) is -1.68. The average molecular weight is 158 g/mol. The standard InChI is InChI=1S/C7H15BO3/c1-2-3-4-5-6-7-11-8(9)10/h6-7,9-10H,2-5H2,1H3/b7-6+. The Hall–Kier alpha value is -0.475. The Balaban J connectivity index is 3.03. The molecule has 11 heavy (non-hydrogen) atoms. The maximum absolute atomic E-state index is 8.24. The van der Waals surface area contributed by atoms with Crippen LogP contribution in [-0.4, -0.2) is 17.4 Å². The van der Waals surface area contributed by atoms with E-state index in [1.54, 1.807) is 6.08 Å². The van der Waals surface area contributed by atoms with Gasteiger partial charge in [-0.2, -0.15) is 0 Å². The Kier molecular flexibility index (Phi) is 7.30. The first-order chi connectivity index (χ1) is 5.27. The van der Waals surface area contributed by atoms with Gasteiger partial charge in [0.05, 0.1) is 6.26 Å². The lowest BCUT2D eigenvalue weighted by Gasteiger charge is -1.95. The lowest BCUT2D eigenvalue weighted by Crippen LogP contribution is -2.12. The number of hydrogen-bond acceptors (Lipinski definition) is 3. The zero-order valence-electron chi connectivity index (χ0n) is 6.86. The second-order valence-electron chi connectivity index (χ2n) is 2.33. The highest BCUT2D eigenvalue weighted by Crippen LogP contribution is 1.99. The van der Waals surface area contributed by atoms with E-state index in [9.17, 15) is 0 Å². The first-order valence-electron chi connectivity index (χ1n) is 3.94. The monoisotopic (exact) mass is 158 g/mol. The summed E-state index contributed by atoms with van der Waals surface area (Å²) >= 11 is 0. The summed E-state index contributed by atoms with van der Waals surface area (Å²) in [5.74, 6) is 0. The van der Waals surface area contributed by atoms with E-state index < -0.39 is 7.32 Å². The van der Waals surface area contributed by atoms with Gasteiger partial charge in [0.2, 0.25) is 0 Å². The third kappa shape index (κ3) is 9.52. The minimum absolute atomic E-state index is 0.931. The van der Waals surface area contributed by atoms with Crippen molar-refractivity contribution in [2.75, 3.05) is 0 Å². The SMILES string of the molecule is CCCCC/C=C/OB(O)O. The van der Waals surface area contributed by atoms with Crippen molar-refractivity contribution in [3.05, 3.63) is 12.3 Å². The van der Waals surface area contributed by atoms with Gasteiger partial charge in [0, 0.05) is 0 Å². The van der Waals surface area contributed by atoms with E-state index in [1.807, 2.05) is 0 Å². The third-order valence-electron chi connectivity index (χ3n) is 1.27. The maximum Gasteiger partial charge on any atom is 0.707 e. The van der Waals surface area contributed by atoms with Crippen LogP contribution in [0, 0.1) is 0 Å². The predicted octanol–water partition coefficient (Wildman–Crippen LogP) is 1.07. The van der Waals surface area contributed by atoms with Crippen LogP contribution in [0.2, 0.25) is 0 Å². The molecule has 0 bridgehead atoms. The largest absolute Gasteiger partial charge is 0.707 e. The second-order valence-corrected chi connectivity index (χ2v) is 2.33. The van der Waals surface area contributed by atoms with E-state index in [0.717, 1.165) is 12.8 Å². The Morgan fingerprint density at radius 1 is 1.36 bits per heavy atom. The van der Waals surface area contributed by atoms with Crippen LogP contribution in [-0.2, 0) is 4.65 Å². The van der Waals surface area contributed by atoms with Gasteiger partial charge in [-0.3, -0.25) is 0 Å². The van der Waals surface area contributed by atoms with Crippen molar-refractivity contribution in [3.63, 3.8) is 0 Å². The Labute approximate surface area is 67.9 Å². The quantitative estimate of drug-likeness (QED) is 0.345. The van der Waals surface area contributed by atoms with Gasteiger partial charge in [-0.05, 0) is 12.8 Å². The van der Waals surface area contributed by atoms with Gasteiger partial charge in [0.25, 0.3) is 0 Å². The molecule has 64 valence electrons. The zero-order valence-corrected chi connectivity index (χ0v) is 6.86. The van der Waals surface area contributed by atoms with Crippen LogP contribution in [0.3, 0.4) is 0 Å². The van der Waals surface area contributed by atoms with Crippen LogP contribution in [0.4, 0.5) is 0 Å². The van der Waals surface area contributed by atoms with Crippen molar-refractivity contribution in [3.8, 4) is 0 Å². The predicted molar refractivity (Wildman–Crippen MR) is 44.6 cm³/mol. The number of hydrogen-bond donors (Lipinski definition) is 2. The highest BCUT2D eigenvalue weighted by molar-refractivity contribution is 6.32. The van der Waals surface area contributed by atoms with E-state index in [0.29, 0.717) is 0 Å². The van der Waals surface area contributed by atoms with Crippen LogP contribution in [0.25, 0.3) is 0 Å². The second kappa shape index (κ2) is 7.63.